The molecule has 7 nitrogen and oxygen atoms in total. The Morgan fingerprint density at radius 1 is 1.05 bits per heavy atom. The van der Waals surface area contributed by atoms with Crippen LogP contribution in [0.15, 0.2) is 42.6 Å². The molecule has 0 saturated carbocycles. The van der Waals surface area contributed by atoms with Crippen LogP contribution in [-0.4, -0.2) is 76.2 Å². The van der Waals surface area contributed by atoms with Gasteiger partial charge in [0.05, 0.1) is 21.1 Å². The summed E-state index contributed by atoms with van der Waals surface area (Å²) in [5.74, 6) is -0.614. The summed E-state index contributed by atoms with van der Waals surface area (Å²) in [6, 6.07) is 10.8. The number of hydrogen-bond donors (Lipinski definition) is 2. The van der Waals surface area contributed by atoms with Crippen LogP contribution in [0.1, 0.15) is 56.2 Å². The molecule has 2 aromatic carbocycles. The second kappa shape index (κ2) is 12.6. The Morgan fingerprint density at radius 3 is 2.32 bits per heavy atom. The van der Waals surface area contributed by atoms with Crippen LogP contribution >= 0.6 is 34.8 Å². The largest absolute Gasteiger partial charge is 0.361 e. The van der Waals surface area contributed by atoms with E-state index in [2.05, 4.69) is 9.88 Å². The number of carbonyl (C=O) groups excluding carboxylic acids is 2. The number of aromatic nitrogens is 1. The second-order valence-corrected chi connectivity index (χ2v) is 12.6. The van der Waals surface area contributed by atoms with Crippen molar-refractivity contribution >= 4 is 57.4 Å². The van der Waals surface area contributed by atoms with E-state index in [-0.39, 0.29) is 23.3 Å². The number of piperidine rings is 2. The van der Waals surface area contributed by atoms with Gasteiger partial charge in [-0.05, 0) is 75.0 Å². The molecule has 3 N–H and O–H groups in total. The maximum Gasteiger partial charge on any atom is 0.252 e. The minimum atomic E-state index is -1.59. The SMILES string of the molecule is CC(=O)C(C(=O)N(C)Cc1cc(Cl)c(Cl)c(Cl)c1)(C(N)c1c[nH]c2ccccc12)N1CCC(N2CCCCC2)CC1. The number of nitrogens with two attached hydrogens (primary N) is 1. The minimum absolute atomic E-state index is 0.190. The zero-order chi connectivity index (χ0) is 29.3. The Bertz CT molecular complexity index is 1390. The van der Waals surface area contributed by atoms with Gasteiger partial charge in [-0.25, -0.2) is 0 Å². The van der Waals surface area contributed by atoms with Crippen molar-refractivity contribution in [2.75, 3.05) is 33.2 Å². The fourth-order valence-electron chi connectivity index (χ4n) is 6.84. The number of hydrogen-bond acceptors (Lipinski definition) is 5. The molecule has 2 unspecified atom stereocenters. The molecule has 10 heteroatoms. The number of ketones is 1. The third-order valence-corrected chi connectivity index (χ3v) is 10.1. The molecule has 3 heterocycles. The van der Waals surface area contributed by atoms with Crippen LogP contribution in [0, 0.1) is 0 Å². The van der Waals surface area contributed by atoms with Crippen molar-refractivity contribution in [3.8, 4) is 0 Å². The van der Waals surface area contributed by atoms with E-state index >= 15 is 0 Å². The van der Waals surface area contributed by atoms with Crippen molar-refractivity contribution in [3.63, 3.8) is 0 Å². The molecular weight excluding hydrogens is 581 g/mol. The number of halogens is 3. The number of nitrogens with zero attached hydrogens (tertiary/aromatic N) is 3. The summed E-state index contributed by atoms with van der Waals surface area (Å²) in [4.78, 5) is 38.1. The molecule has 3 aromatic rings. The normalized spacial score (nSPS) is 19.7. The highest BCUT2D eigenvalue weighted by Gasteiger charge is 2.56. The van der Waals surface area contributed by atoms with Crippen LogP contribution in [0.2, 0.25) is 15.1 Å². The molecular formula is C31H38Cl3N5O2. The van der Waals surface area contributed by atoms with Crippen LogP contribution in [0.3, 0.4) is 0 Å². The molecule has 2 aliphatic heterocycles. The van der Waals surface area contributed by atoms with Crippen molar-refractivity contribution in [3.05, 3.63) is 68.8 Å². The van der Waals surface area contributed by atoms with Crippen LogP contribution in [0.4, 0.5) is 0 Å². The van der Waals surface area contributed by atoms with E-state index in [9.17, 15) is 9.59 Å². The number of rotatable bonds is 8. The zero-order valence-electron chi connectivity index (χ0n) is 23.6. The average Bonchev–Trinajstić information content (AvgIpc) is 3.41. The fraction of sp³-hybridized carbons (Fsp3) is 0.484. The summed E-state index contributed by atoms with van der Waals surface area (Å²) < 4.78 is 0. The molecule has 1 amide bonds. The molecule has 5 rings (SSSR count). The van der Waals surface area contributed by atoms with E-state index in [0.717, 1.165) is 42.4 Å². The lowest BCUT2D eigenvalue weighted by Crippen LogP contribution is -2.69. The van der Waals surface area contributed by atoms with Gasteiger partial charge < -0.3 is 20.5 Å². The maximum atomic E-state index is 14.7. The van der Waals surface area contributed by atoms with Gasteiger partial charge in [0.25, 0.3) is 5.91 Å². The van der Waals surface area contributed by atoms with Crippen molar-refractivity contribution in [1.29, 1.82) is 0 Å². The van der Waals surface area contributed by atoms with Gasteiger partial charge in [-0.2, -0.15) is 0 Å². The standard InChI is InChI=1S/C31H38Cl3N5O2/c1-20(40)31(29(35)24-18-36-27-9-5-4-8-23(24)27,39-14-10-22(11-15-39)38-12-6-3-7-13-38)30(41)37(2)19-21-16-25(32)28(34)26(33)17-21/h4-5,8-9,16-18,22,29,36H,3,6-7,10-15,19,35H2,1-2H3. The zero-order valence-corrected chi connectivity index (χ0v) is 25.9. The first-order valence-corrected chi connectivity index (χ1v) is 15.5. The highest BCUT2D eigenvalue weighted by atomic mass is 35.5. The molecule has 41 heavy (non-hydrogen) atoms. The van der Waals surface area contributed by atoms with Gasteiger partial charge in [0, 0.05) is 49.8 Å². The molecule has 0 spiro atoms. The molecule has 2 atom stereocenters. The van der Waals surface area contributed by atoms with Crippen LogP contribution in [0.25, 0.3) is 10.9 Å². The van der Waals surface area contributed by atoms with Crippen molar-refractivity contribution in [2.45, 2.75) is 63.2 Å². The Labute approximate surface area is 256 Å². The molecule has 0 radical (unpaired) electrons. The number of likely N-dealkylation sites (tertiary alicyclic amines) is 2. The lowest BCUT2D eigenvalue weighted by molar-refractivity contribution is -0.155. The number of fused-ring (bicyclic) bond motifs is 1. The summed E-state index contributed by atoms with van der Waals surface area (Å²) in [7, 11) is 1.69. The first-order chi connectivity index (χ1) is 19.6. The van der Waals surface area contributed by atoms with Gasteiger partial charge in [-0.1, -0.05) is 59.4 Å². The molecule has 2 fully saturated rings. The molecule has 0 bridgehead atoms. The van der Waals surface area contributed by atoms with Gasteiger partial charge in [0.15, 0.2) is 11.3 Å². The second-order valence-electron chi connectivity index (χ2n) is 11.4. The maximum absolute atomic E-state index is 14.7. The number of aromatic amines is 1. The van der Waals surface area contributed by atoms with E-state index in [1.165, 1.54) is 26.2 Å². The molecule has 2 saturated heterocycles. The Balaban J connectivity index is 1.51. The van der Waals surface area contributed by atoms with Crippen molar-refractivity contribution in [2.24, 2.45) is 5.73 Å². The van der Waals surface area contributed by atoms with Crippen LogP contribution in [-0.2, 0) is 16.1 Å². The Kier molecular flexibility index (Phi) is 9.34. The van der Waals surface area contributed by atoms with Gasteiger partial charge in [0.2, 0.25) is 0 Å². The summed E-state index contributed by atoms with van der Waals surface area (Å²) >= 11 is 18.7. The number of nitrogens with one attached hydrogen (secondary N) is 1. The summed E-state index contributed by atoms with van der Waals surface area (Å²) in [6.45, 7) is 5.13. The van der Waals surface area contributed by atoms with Crippen LogP contribution in [0.5, 0.6) is 0 Å². The predicted molar refractivity (Wildman–Crippen MR) is 167 cm³/mol. The predicted octanol–water partition coefficient (Wildman–Crippen LogP) is 6.06. The number of Topliss-reactive ketones (excluding diaryl/α,β-unsaturated/α-hetero) is 1. The number of benzene rings is 2. The number of H-pyrrole nitrogens is 1. The van der Waals surface area contributed by atoms with E-state index in [4.69, 9.17) is 40.5 Å². The first-order valence-electron chi connectivity index (χ1n) is 14.3. The highest BCUT2D eigenvalue weighted by molar-refractivity contribution is 6.48. The fourth-order valence-corrected chi connectivity index (χ4v) is 7.48. The van der Waals surface area contributed by atoms with Crippen LogP contribution < -0.4 is 5.73 Å². The minimum Gasteiger partial charge on any atom is -0.361 e. The first kappa shape index (κ1) is 30.3. The van der Waals surface area contributed by atoms with Crippen molar-refractivity contribution < 1.29 is 9.59 Å². The summed E-state index contributed by atoms with van der Waals surface area (Å²) in [5, 5.41) is 1.79. The van der Waals surface area contributed by atoms with E-state index in [0.29, 0.717) is 34.7 Å². The quantitative estimate of drug-likeness (QED) is 0.237. The average molecular weight is 619 g/mol. The number of carbonyl (C=O) groups is 2. The van der Waals surface area contributed by atoms with Gasteiger partial charge >= 0.3 is 0 Å². The topological polar surface area (TPSA) is 85.7 Å². The van der Waals surface area contributed by atoms with Gasteiger partial charge in [-0.15, -0.1) is 0 Å². The van der Waals surface area contributed by atoms with E-state index in [1.54, 1.807) is 24.1 Å². The third kappa shape index (κ3) is 5.77. The monoisotopic (exact) mass is 617 g/mol. The molecule has 220 valence electrons. The van der Waals surface area contributed by atoms with Crippen molar-refractivity contribution in [1.82, 2.24) is 19.7 Å². The lowest BCUT2D eigenvalue weighted by atomic mass is 9.78. The Hall–Kier alpha value is -2.13. The van der Waals surface area contributed by atoms with E-state index < -0.39 is 11.6 Å². The lowest BCUT2D eigenvalue weighted by Gasteiger charge is -2.50. The molecule has 1 aromatic heterocycles. The number of likely N-dealkylation sites (N-methyl/N-ethyl adjacent to an activating group) is 1. The number of para-hydroxylation sites is 1. The van der Waals surface area contributed by atoms with Gasteiger partial charge in [0.1, 0.15) is 0 Å². The highest BCUT2D eigenvalue weighted by Crippen LogP contribution is 2.39. The third-order valence-electron chi connectivity index (χ3n) is 8.95. The Morgan fingerprint density at radius 2 is 1.68 bits per heavy atom. The summed E-state index contributed by atoms with van der Waals surface area (Å²) in [6.07, 6.45) is 7.34. The smallest absolute Gasteiger partial charge is 0.252 e. The molecule has 2 aliphatic rings. The van der Waals surface area contributed by atoms with E-state index in [1.807, 2.05) is 35.4 Å². The van der Waals surface area contributed by atoms with Gasteiger partial charge in [-0.3, -0.25) is 14.5 Å². The summed E-state index contributed by atoms with van der Waals surface area (Å²) in [5.41, 5.74) is 7.87. The molecule has 0 aliphatic carbocycles. The number of amides is 1.